The quantitative estimate of drug-likeness (QED) is 0.345. The van der Waals surface area contributed by atoms with Crippen molar-refractivity contribution in [3.63, 3.8) is 0 Å². The normalized spacial score (nSPS) is 11.7. The number of carboxylic acid groups (broad SMARTS) is 1. The first-order valence-corrected chi connectivity index (χ1v) is 9.86. The molecule has 0 spiro atoms. The van der Waals surface area contributed by atoms with Crippen LogP contribution in [0.15, 0.2) is 0 Å². The first-order chi connectivity index (χ1) is 10.0. The standard InChI is InChI=1S/C15H31O5P/c1-3-19-21(18,20-4-2)14-12-10-8-6-5-7-9-11-13-15(16)17/h3-14H2,1-2H3,(H,16,17). The predicted octanol–water partition coefficient (Wildman–Crippen LogP) is 4.85. The van der Waals surface area contributed by atoms with E-state index in [1.165, 1.54) is 0 Å². The lowest BCUT2D eigenvalue weighted by Gasteiger charge is -2.16. The lowest BCUT2D eigenvalue weighted by atomic mass is 10.1. The highest BCUT2D eigenvalue weighted by Crippen LogP contribution is 2.48. The van der Waals surface area contributed by atoms with Gasteiger partial charge in [0.2, 0.25) is 0 Å². The van der Waals surface area contributed by atoms with Crippen molar-refractivity contribution in [1.82, 2.24) is 0 Å². The molecule has 0 aliphatic heterocycles. The van der Waals surface area contributed by atoms with Crippen molar-refractivity contribution in [1.29, 1.82) is 0 Å². The van der Waals surface area contributed by atoms with Crippen LogP contribution in [0, 0.1) is 0 Å². The summed E-state index contributed by atoms with van der Waals surface area (Å²) in [6.07, 6.45) is 9.00. The van der Waals surface area contributed by atoms with E-state index in [4.69, 9.17) is 14.2 Å². The van der Waals surface area contributed by atoms with Gasteiger partial charge in [-0.25, -0.2) is 0 Å². The van der Waals surface area contributed by atoms with Gasteiger partial charge in [-0.1, -0.05) is 38.5 Å². The first-order valence-electron chi connectivity index (χ1n) is 8.14. The van der Waals surface area contributed by atoms with E-state index in [-0.39, 0.29) is 6.42 Å². The van der Waals surface area contributed by atoms with Gasteiger partial charge in [-0.05, 0) is 26.7 Å². The van der Waals surface area contributed by atoms with E-state index in [0.717, 1.165) is 51.4 Å². The van der Waals surface area contributed by atoms with E-state index in [1.807, 2.05) is 13.8 Å². The minimum Gasteiger partial charge on any atom is -0.481 e. The minimum atomic E-state index is -2.85. The molecule has 126 valence electrons. The average Bonchev–Trinajstić information content (AvgIpc) is 2.41. The van der Waals surface area contributed by atoms with E-state index in [1.54, 1.807) is 0 Å². The average molecular weight is 322 g/mol. The molecule has 0 amide bonds. The Morgan fingerprint density at radius 2 is 1.29 bits per heavy atom. The first kappa shape index (κ1) is 20.6. The van der Waals surface area contributed by atoms with Crippen LogP contribution in [-0.2, 0) is 18.4 Å². The molecule has 0 rings (SSSR count). The molecule has 5 nitrogen and oxygen atoms in total. The number of carboxylic acids is 1. The van der Waals surface area contributed by atoms with Crippen LogP contribution in [0.5, 0.6) is 0 Å². The van der Waals surface area contributed by atoms with E-state index < -0.39 is 13.6 Å². The molecule has 0 aromatic heterocycles. The van der Waals surface area contributed by atoms with Crippen molar-refractivity contribution in [2.75, 3.05) is 19.4 Å². The molecule has 0 saturated heterocycles. The third kappa shape index (κ3) is 13.0. The van der Waals surface area contributed by atoms with Gasteiger partial charge in [0.15, 0.2) is 0 Å². The van der Waals surface area contributed by atoms with Gasteiger partial charge in [0.1, 0.15) is 0 Å². The van der Waals surface area contributed by atoms with Crippen molar-refractivity contribution in [3.05, 3.63) is 0 Å². The molecule has 21 heavy (non-hydrogen) atoms. The Hall–Kier alpha value is -0.380. The number of aliphatic carboxylic acids is 1. The highest BCUT2D eigenvalue weighted by Gasteiger charge is 2.22. The van der Waals surface area contributed by atoms with Crippen LogP contribution in [0.25, 0.3) is 0 Å². The number of hydrogen-bond donors (Lipinski definition) is 1. The fraction of sp³-hybridized carbons (Fsp3) is 0.933. The summed E-state index contributed by atoms with van der Waals surface area (Å²) >= 11 is 0. The summed E-state index contributed by atoms with van der Waals surface area (Å²) in [6, 6.07) is 0. The number of unbranched alkanes of at least 4 members (excludes halogenated alkanes) is 7. The summed E-state index contributed by atoms with van der Waals surface area (Å²) in [6.45, 7) is 4.51. The van der Waals surface area contributed by atoms with Crippen molar-refractivity contribution in [3.8, 4) is 0 Å². The molecule has 0 heterocycles. The molecule has 0 unspecified atom stereocenters. The van der Waals surface area contributed by atoms with Gasteiger partial charge in [-0.3, -0.25) is 9.36 Å². The third-order valence-corrected chi connectivity index (χ3v) is 5.39. The smallest absolute Gasteiger partial charge is 0.330 e. The zero-order valence-corrected chi connectivity index (χ0v) is 14.4. The maximum Gasteiger partial charge on any atom is 0.330 e. The molecule has 0 atom stereocenters. The van der Waals surface area contributed by atoms with E-state index in [2.05, 4.69) is 0 Å². The molecule has 0 radical (unpaired) electrons. The van der Waals surface area contributed by atoms with Crippen LogP contribution < -0.4 is 0 Å². The van der Waals surface area contributed by atoms with Crippen molar-refractivity contribution >= 4 is 13.6 Å². The Kier molecular flexibility index (Phi) is 13.1. The molecule has 6 heteroatoms. The maximum absolute atomic E-state index is 12.2. The van der Waals surface area contributed by atoms with Crippen LogP contribution in [0.4, 0.5) is 0 Å². The van der Waals surface area contributed by atoms with Gasteiger partial charge in [0.25, 0.3) is 0 Å². The summed E-state index contributed by atoms with van der Waals surface area (Å²) in [5.41, 5.74) is 0. The summed E-state index contributed by atoms with van der Waals surface area (Å²) in [4.78, 5) is 10.3. The Morgan fingerprint density at radius 1 is 0.857 bits per heavy atom. The zero-order chi connectivity index (χ0) is 16.0. The summed E-state index contributed by atoms with van der Waals surface area (Å²) < 4.78 is 22.7. The lowest BCUT2D eigenvalue weighted by Crippen LogP contribution is -2.00. The molecule has 0 aromatic carbocycles. The van der Waals surface area contributed by atoms with Crippen LogP contribution in [0.1, 0.15) is 71.6 Å². The summed E-state index contributed by atoms with van der Waals surface area (Å²) in [5.74, 6) is -0.706. The molecule has 0 bridgehead atoms. The molecule has 1 N–H and O–H groups in total. The Morgan fingerprint density at radius 3 is 1.71 bits per heavy atom. The SMILES string of the molecule is CCOP(=O)(CCCCCCCCCCC(=O)O)OCC. The van der Waals surface area contributed by atoms with Crippen LogP contribution in [-0.4, -0.2) is 30.5 Å². The molecular formula is C15H31O5P. The topological polar surface area (TPSA) is 72.8 Å². The molecule has 0 aliphatic carbocycles. The summed E-state index contributed by atoms with van der Waals surface area (Å²) in [5, 5.41) is 8.51. The predicted molar refractivity (Wildman–Crippen MR) is 84.9 cm³/mol. The van der Waals surface area contributed by atoms with Crippen LogP contribution in [0.2, 0.25) is 0 Å². The third-order valence-electron chi connectivity index (χ3n) is 3.22. The van der Waals surface area contributed by atoms with Gasteiger partial charge < -0.3 is 14.2 Å². The highest BCUT2D eigenvalue weighted by molar-refractivity contribution is 7.53. The van der Waals surface area contributed by atoms with Crippen LogP contribution >= 0.6 is 7.60 Å². The zero-order valence-electron chi connectivity index (χ0n) is 13.5. The molecule has 0 saturated carbocycles. The number of rotatable bonds is 15. The van der Waals surface area contributed by atoms with Gasteiger partial charge in [0.05, 0.1) is 19.4 Å². The molecular weight excluding hydrogens is 291 g/mol. The summed E-state index contributed by atoms with van der Waals surface area (Å²) in [7, 11) is -2.85. The molecule has 0 aromatic rings. The van der Waals surface area contributed by atoms with Crippen molar-refractivity contribution in [2.24, 2.45) is 0 Å². The van der Waals surface area contributed by atoms with Crippen molar-refractivity contribution < 1.29 is 23.5 Å². The Balaban J connectivity index is 3.46. The van der Waals surface area contributed by atoms with Gasteiger partial charge >= 0.3 is 13.6 Å². The maximum atomic E-state index is 12.2. The fourth-order valence-electron chi connectivity index (χ4n) is 2.20. The molecule has 0 fully saturated rings. The van der Waals surface area contributed by atoms with E-state index in [0.29, 0.717) is 19.4 Å². The van der Waals surface area contributed by atoms with Gasteiger partial charge in [0, 0.05) is 6.42 Å². The van der Waals surface area contributed by atoms with Crippen LogP contribution in [0.3, 0.4) is 0 Å². The number of hydrogen-bond acceptors (Lipinski definition) is 4. The second-order valence-electron chi connectivity index (χ2n) is 5.14. The van der Waals surface area contributed by atoms with E-state index in [9.17, 15) is 9.36 Å². The Bertz CT molecular complexity index is 296. The second kappa shape index (κ2) is 13.3. The second-order valence-corrected chi connectivity index (χ2v) is 7.33. The monoisotopic (exact) mass is 322 g/mol. The van der Waals surface area contributed by atoms with Crippen molar-refractivity contribution in [2.45, 2.75) is 71.6 Å². The number of carbonyl (C=O) groups is 1. The Labute approximate surface area is 128 Å². The largest absolute Gasteiger partial charge is 0.481 e. The highest BCUT2D eigenvalue weighted by atomic mass is 31.2. The van der Waals surface area contributed by atoms with Gasteiger partial charge in [-0.2, -0.15) is 0 Å². The van der Waals surface area contributed by atoms with E-state index >= 15 is 0 Å². The van der Waals surface area contributed by atoms with Gasteiger partial charge in [-0.15, -0.1) is 0 Å². The molecule has 0 aliphatic rings. The lowest BCUT2D eigenvalue weighted by molar-refractivity contribution is -0.137. The fourth-order valence-corrected chi connectivity index (χ4v) is 3.93. The minimum absolute atomic E-state index is 0.282.